The number of hydrogen-bond acceptors (Lipinski definition) is 6. The quantitative estimate of drug-likeness (QED) is 0.910. The molecule has 1 aromatic carbocycles. The molecule has 1 fully saturated rings. The lowest BCUT2D eigenvalue weighted by atomic mass is 10.1. The van der Waals surface area contributed by atoms with E-state index in [1.807, 2.05) is 11.8 Å². The summed E-state index contributed by atoms with van der Waals surface area (Å²) in [7, 11) is 0. The summed E-state index contributed by atoms with van der Waals surface area (Å²) in [5.41, 5.74) is 9.87. The molecule has 5 nitrogen and oxygen atoms in total. The van der Waals surface area contributed by atoms with Gasteiger partial charge in [-0.05, 0) is 18.6 Å². The molecule has 2 aliphatic rings. The topological polar surface area (TPSA) is 58.3 Å². The molecule has 0 amide bonds. The van der Waals surface area contributed by atoms with Crippen molar-refractivity contribution < 1.29 is 0 Å². The van der Waals surface area contributed by atoms with E-state index in [0.717, 1.165) is 56.4 Å². The fourth-order valence-corrected chi connectivity index (χ4v) is 4.63. The van der Waals surface area contributed by atoms with Crippen molar-refractivity contribution >= 4 is 23.4 Å². The van der Waals surface area contributed by atoms with Crippen molar-refractivity contribution in [3.63, 3.8) is 0 Å². The first-order valence-electron chi connectivity index (χ1n) is 9.10. The molecule has 2 aliphatic heterocycles. The number of thioether (sulfide) groups is 1. The SMILES string of the molecule is CCC(N)c1nc(N2CCN(c3ccccc3)CC2)nc2c1SCC2. The lowest BCUT2D eigenvalue weighted by molar-refractivity contribution is 0.617. The molecule has 1 atom stereocenters. The molecule has 4 rings (SSSR count). The van der Waals surface area contributed by atoms with E-state index in [1.165, 1.54) is 16.3 Å². The normalized spacial score (nSPS) is 18.3. The predicted octanol–water partition coefficient (Wildman–Crippen LogP) is 2.86. The monoisotopic (exact) mass is 355 g/mol. The second kappa shape index (κ2) is 7.22. The minimum Gasteiger partial charge on any atom is -0.368 e. The van der Waals surface area contributed by atoms with Crippen molar-refractivity contribution in [2.45, 2.75) is 30.7 Å². The van der Waals surface area contributed by atoms with Crippen LogP contribution in [0.15, 0.2) is 35.2 Å². The van der Waals surface area contributed by atoms with Crippen LogP contribution in [0.2, 0.25) is 0 Å². The Kier molecular flexibility index (Phi) is 4.81. The summed E-state index contributed by atoms with van der Waals surface area (Å²) < 4.78 is 0. The molecular weight excluding hydrogens is 330 g/mol. The Labute approximate surface area is 153 Å². The summed E-state index contributed by atoms with van der Waals surface area (Å²) in [6.45, 7) is 6.00. The fourth-order valence-electron chi connectivity index (χ4n) is 3.47. The highest BCUT2D eigenvalue weighted by molar-refractivity contribution is 7.99. The molecule has 6 heteroatoms. The molecule has 1 saturated heterocycles. The molecule has 0 saturated carbocycles. The molecule has 3 heterocycles. The van der Waals surface area contributed by atoms with Crippen LogP contribution in [0.5, 0.6) is 0 Å². The zero-order chi connectivity index (χ0) is 17.2. The van der Waals surface area contributed by atoms with E-state index in [1.54, 1.807) is 0 Å². The number of para-hydroxylation sites is 1. The first-order chi connectivity index (χ1) is 12.3. The number of anilines is 2. The van der Waals surface area contributed by atoms with Gasteiger partial charge in [0.15, 0.2) is 0 Å². The molecule has 0 aliphatic carbocycles. The van der Waals surface area contributed by atoms with Gasteiger partial charge in [-0.3, -0.25) is 0 Å². The summed E-state index contributed by atoms with van der Waals surface area (Å²) >= 11 is 1.86. The Bertz CT molecular complexity index is 728. The lowest BCUT2D eigenvalue weighted by Gasteiger charge is -2.36. The van der Waals surface area contributed by atoms with Crippen molar-refractivity contribution in [2.24, 2.45) is 5.73 Å². The van der Waals surface area contributed by atoms with Crippen LogP contribution >= 0.6 is 11.8 Å². The molecule has 0 radical (unpaired) electrons. The second-order valence-corrected chi connectivity index (χ2v) is 7.71. The van der Waals surface area contributed by atoms with E-state index in [9.17, 15) is 0 Å². The summed E-state index contributed by atoms with van der Waals surface area (Å²) in [6.07, 6.45) is 1.94. The maximum absolute atomic E-state index is 6.33. The Hall–Kier alpha value is -1.79. The van der Waals surface area contributed by atoms with E-state index in [0.29, 0.717) is 0 Å². The highest BCUT2D eigenvalue weighted by atomic mass is 32.2. The van der Waals surface area contributed by atoms with Crippen LogP contribution in [-0.4, -0.2) is 41.9 Å². The lowest BCUT2D eigenvalue weighted by Crippen LogP contribution is -2.47. The van der Waals surface area contributed by atoms with Crippen LogP contribution in [0.1, 0.15) is 30.8 Å². The van der Waals surface area contributed by atoms with Gasteiger partial charge in [-0.2, -0.15) is 0 Å². The van der Waals surface area contributed by atoms with Gasteiger partial charge < -0.3 is 15.5 Å². The zero-order valence-corrected chi connectivity index (χ0v) is 15.5. The van der Waals surface area contributed by atoms with E-state index in [2.05, 4.69) is 47.1 Å². The van der Waals surface area contributed by atoms with Crippen molar-refractivity contribution in [1.82, 2.24) is 9.97 Å². The van der Waals surface area contributed by atoms with Gasteiger partial charge in [-0.25, -0.2) is 9.97 Å². The average Bonchev–Trinajstić information content (AvgIpc) is 3.16. The molecule has 2 N–H and O–H groups in total. The third kappa shape index (κ3) is 3.33. The van der Waals surface area contributed by atoms with Crippen LogP contribution < -0.4 is 15.5 Å². The number of fused-ring (bicyclic) bond motifs is 1. The Balaban J connectivity index is 1.53. The van der Waals surface area contributed by atoms with Crippen LogP contribution in [0.4, 0.5) is 11.6 Å². The predicted molar refractivity (Wildman–Crippen MR) is 105 cm³/mol. The van der Waals surface area contributed by atoms with Gasteiger partial charge in [0, 0.05) is 50.1 Å². The third-order valence-electron chi connectivity index (χ3n) is 5.01. The number of nitrogens with two attached hydrogens (primary N) is 1. The Morgan fingerprint density at radius 3 is 2.52 bits per heavy atom. The van der Waals surface area contributed by atoms with Gasteiger partial charge in [0.1, 0.15) is 0 Å². The molecule has 0 spiro atoms. The number of piperazine rings is 1. The van der Waals surface area contributed by atoms with Crippen molar-refractivity contribution in [2.75, 3.05) is 41.7 Å². The molecule has 1 aromatic heterocycles. The van der Waals surface area contributed by atoms with Crippen LogP contribution in [0.3, 0.4) is 0 Å². The molecule has 0 bridgehead atoms. The van der Waals surface area contributed by atoms with Gasteiger partial charge in [0.25, 0.3) is 0 Å². The second-order valence-electron chi connectivity index (χ2n) is 6.61. The maximum atomic E-state index is 6.33. The van der Waals surface area contributed by atoms with Gasteiger partial charge >= 0.3 is 0 Å². The highest BCUT2D eigenvalue weighted by Gasteiger charge is 2.26. The molecule has 2 aromatic rings. The Morgan fingerprint density at radius 1 is 1.08 bits per heavy atom. The number of rotatable bonds is 4. The van der Waals surface area contributed by atoms with Gasteiger partial charge in [0.05, 0.1) is 16.3 Å². The van der Waals surface area contributed by atoms with Crippen LogP contribution in [-0.2, 0) is 6.42 Å². The minimum atomic E-state index is 0.00621. The van der Waals surface area contributed by atoms with Crippen molar-refractivity contribution in [1.29, 1.82) is 0 Å². The van der Waals surface area contributed by atoms with Crippen molar-refractivity contribution in [3.05, 3.63) is 41.7 Å². The summed E-state index contributed by atoms with van der Waals surface area (Å²) in [5, 5.41) is 0. The molecule has 25 heavy (non-hydrogen) atoms. The van der Waals surface area contributed by atoms with Crippen molar-refractivity contribution in [3.8, 4) is 0 Å². The average molecular weight is 356 g/mol. The van der Waals surface area contributed by atoms with E-state index in [-0.39, 0.29) is 6.04 Å². The Morgan fingerprint density at radius 2 is 1.80 bits per heavy atom. The maximum Gasteiger partial charge on any atom is 0.226 e. The first kappa shape index (κ1) is 16.7. The zero-order valence-electron chi connectivity index (χ0n) is 14.7. The van der Waals surface area contributed by atoms with Gasteiger partial charge in [0.2, 0.25) is 5.95 Å². The van der Waals surface area contributed by atoms with Crippen LogP contribution in [0, 0.1) is 0 Å². The number of hydrogen-bond donors (Lipinski definition) is 1. The van der Waals surface area contributed by atoms with E-state index < -0.39 is 0 Å². The highest BCUT2D eigenvalue weighted by Crippen LogP contribution is 2.36. The van der Waals surface area contributed by atoms with E-state index >= 15 is 0 Å². The largest absolute Gasteiger partial charge is 0.368 e. The smallest absolute Gasteiger partial charge is 0.226 e. The van der Waals surface area contributed by atoms with Crippen LogP contribution in [0.25, 0.3) is 0 Å². The number of aryl methyl sites for hydroxylation is 1. The molecular formula is C19H25N5S. The van der Waals surface area contributed by atoms with E-state index in [4.69, 9.17) is 15.7 Å². The number of nitrogens with zero attached hydrogens (tertiary/aromatic N) is 4. The summed E-state index contributed by atoms with van der Waals surface area (Å²) in [4.78, 5) is 15.7. The fraction of sp³-hybridized carbons (Fsp3) is 0.474. The van der Waals surface area contributed by atoms with Gasteiger partial charge in [-0.1, -0.05) is 25.1 Å². The van der Waals surface area contributed by atoms with Gasteiger partial charge in [-0.15, -0.1) is 11.8 Å². The number of benzene rings is 1. The summed E-state index contributed by atoms with van der Waals surface area (Å²) in [5.74, 6) is 1.96. The molecule has 132 valence electrons. The number of aromatic nitrogens is 2. The minimum absolute atomic E-state index is 0.00621. The molecule has 1 unspecified atom stereocenters. The summed E-state index contributed by atoms with van der Waals surface area (Å²) in [6, 6.07) is 10.6. The third-order valence-corrected chi connectivity index (χ3v) is 6.15. The first-order valence-corrected chi connectivity index (χ1v) is 10.1. The standard InChI is InChI=1S/C19H25N5S/c1-2-15(20)17-18-16(8-13-25-18)21-19(22-17)24-11-9-23(10-12-24)14-6-4-3-5-7-14/h3-7,15H,2,8-13,20H2,1H3.